The second kappa shape index (κ2) is 6.27. The number of rotatable bonds is 2. The van der Waals surface area contributed by atoms with Gasteiger partial charge in [0, 0.05) is 23.6 Å². The minimum atomic E-state index is 0.0736. The molecular formula is C18H16BrNO. The number of nitrogens with zero attached hydrogens (tertiary/aromatic N) is 1. The Hall–Kier alpha value is -1.87. The van der Waals surface area contributed by atoms with Crippen molar-refractivity contribution in [2.75, 3.05) is 6.54 Å². The molecule has 3 heteroatoms. The van der Waals surface area contributed by atoms with E-state index in [2.05, 4.69) is 34.1 Å². The Kier molecular flexibility index (Phi) is 4.20. The molecule has 1 aliphatic heterocycles. The highest BCUT2D eigenvalue weighted by atomic mass is 79.9. The Morgan fingerprint density at radius 1 is 1.10 bits per heavy atom. The summed E-state index contributed by atoms with van der Waals surface area (Å²) in [5.41, 5.74) is 3.64. The lowest BCUT2D eigenvalue weighted by molar-refractivity contribution is -0.126. The van der Waals surface area contributed by atoms with E-state index in [0.717, 1.165) is 23.0 Å². The number of benzene rings is 2. The van der Waals surface area contributed by atoms with Crippen molar-refractivity contribution in [3.05, 3.63) is 75.8 Å². The van der Waals surface area contributed by atoms with Crippen LogP contribution < -0.4 is 0 Å². The van der Waals surface area contributed by atoms with Crippen LogP contribution in [0.1, 0.15) is 16.7 Å². The number of fused-ring (bicyclic) bond motifs is 1. The first-order valence-corrected chi connectivity index (χ1v) is 7.81. The molecule has 21 heavy (non-hydrogen) atoms. The van der Waals surface area contributed by atoms with Crippen molar-refractivity contribution < 1.29 is 4.79 Å². The predicted molar refractivity (Wildman–Crippen MR) is 88.7 cm³/mol. The van der Waals surface area contributed by atoms with E-state index < -0.39 is 0 Å². The van der Waals surface area contributed by atoms with Gasteiger partial charge in [-0.05, 0) is 41.3 Å². The van der Waals surface area contributed by atoms with Gasteiger partial charge in [-0.2, -0.15) is 0 Å². The summed E-state index contributed by atoms with van der Waals surface area (Å²) in [6, 6.07) is 16.3. The molecule has 0 fully saturated rings. The third-order valence-corrected chi connectivity index (χ3v) is 4.20. The maximum Gasteiger partial charge on any atom is 0.246 e. The molecule has 106 valence electrons. The summed E-state index contributed by atoms with van der Waals surface area (Å²) in [5, 5.41) is 0. The van der Waals surface area contributed by atoms with E-state index in [1.165, 1.54) is 11.1 Å². The van der Waals surface area contributed by atoms with Gasteiger partial charge < -0.3 is 4.90 Å². The van der Waals surface area contributed by atoms with Crippen LogP contribution >= 0.6 is 15.9 Å². The maximum absolute atomic E-state index is 12.3. The van der Waals surface area contributed by atoms with Crippen LogP contribution in [0.5, 0.6) is 0 Å². The van der Waals surface area contributed by atoms with Crippen LogP contribution in [0, 0.1) is 0 Å². The normalized spacial score (nSPS) is 14.2. The highest BCUT2D eigenvalue weighted by Crippen LogP contribution is 2.19. The third-order valence-electron chi connectivity index (χ3n) is 3.71. The molecule has 1 amide bonds. The van der Waals surface area contributed by atoms with Crippen LogP contribution in [-0.4, -0.2) is 17.4 Å². The summed E-state index contributed by atoms with van der Waals surface area (Å²) in [6.07, 6.45) is 4.47. The van der Waals surface area contributed by atoms with Gasteiger partial charge in [0.1, 0.15) is 0 Å². The topological polar surface area (TPSA) is 20.3 Å². The lowest BCUT2D eigenvalue weighted by atomic mass is 10.00. The van der Waals surface area contributed by atoms with Gasteiger partial charge in [-0.25, -0.2) is 0 Å². The molecule has 0 saturated carbocycles. The van der Waals surface area contributed by atoms with E-state index in [1.807, 2.05) is 41.3 Å². The summed E-state index contributed by atoms with van der Waals surface area (Å²) in [5.74, 6) is 0.0736. The molecule has 0 spiro atoms. The Morgan fingerprint density at radius 2 is 1.90 bits per heavy atom. The Balaban J connectivity index is 1.69. The number of halogens is 1. The number of amides is 1. The second-order valence-corrected chi connectivity index (χ2v) is 6.08. The van der Waals surface area contributed by atoms with Gasteiger partial charge in [0.15, 0.2) is 0 Å². The van der Waals surface area contributed by atoms with Crippen molar-refractivity contribution >= 4 is 27.9 Å². The molecular weight excluding hydrogens is 326 g/mol. The zero-order valence-corrected chi connectivity index (χ0v) is 13.2. The van der Waals surface area contributed by atoms with E-state index in [9.17, 15) is 4.79 Å². The fraction of sp³-hybridized carbons (Fsp3) is 0.167. The Bertz CT molecular complexity index is 693. The van der Waals surface area contributed by atoms with Crippen LogP contribution in [0.4, 0.5) is 0 Å². The summed E-state index contributed by atoms with van der Waals surface area (Å²) in [4.78, 5) is 14.2. The molecule has 0 aromatic heterocycles. The summed E-state index contributed by atoms with van der Waals surface area (Å²) >= 11 is 3.43. The molecule has 2 aromatic carbocycles. The summed E-state index contributed by atoms with van der Waals surface area (Å²) < 4.78 is 1.02. The smallest absolute Gasteiger partial charge is 0.246 e. The minimum absolute atomic E-state index is 0.0736. The third kappa shape index (κ3) is 3.42. The standard InChI is InChI=1S/C18H16BrNO/c19-17-7-3-4-14(12-17)8-9-18(21)20-11-10-15-5-1-2-6-16(15)13-20/h1-9,12H,10-11,13H2. The quantitative estimate of drug-likeness (QED) is 0.754. The molecule has 0 saturated heterocycles. The van der Waals surface area contributed by atoms with Crippen molar-refractivity contribution in [3.63, 3.8) is 0 Å². The van der Waals surface area contributed by atoms with Gasteiger partial charge in [0.25, 0.3) is 0 Å². The van der Waals surface area contributed by atoms with Crippen LogP contribution in [0.25, 0.3) is 6.08 Å². The molecule has 0 atom stereocenters. The zero-order chi connectivity index (χ0) is 14.7. The largest absolute Gasteiger partial charge is 0.334 e. The molecule has 0 unspecified atom stereocenters. The number of carbonyl (C=O) groups is 1. The van der Waals surface area contributed by atoms with Crippen molar-refractivity contribution in [1.82, 2.24) is 4.90 Å². The van der Waals surface area contributed by atoms with Crippen molar-refractivity contribution in [1.29, 1.82) is 0 Å². The fourth-order valence-electron chi connectivity index (χ4n) is 2.57. The SMILES string of the molecule is O=C(C=Cc1cccc(Br)c1)N1CCc2ccccc2C1. The van der Waals surface area contributed by atoms with E-state index in [4.69, 9.17) is 0 Å². The van der Waals surface area contributed by atoms with E-state index in [-0.39, 0.29) is 5.91 Å². The van der Waals surface area contributed by atoms with Crippen LogP contribution in [-0.2, 0) is 17.8 Å². The predicted octanol–water partition coefficient (Wildman–Crippen LogP) is 4.05. The van der Waals surface area contributed by atoms with E-state index in [1.54, 1.807) is 6.08 Å². The van der Waals surface area contributed by atoms with Crippen LogP contribution in [0.2, 0.25) is 0 Å². The fourth-order valence-corrected chi connectivity index (χ4v) is 2.98. The average Bonchev–Trinajstić information content (AvgIpc) is 2.52. The Morgan fingerprint density at radius 3 is 2.71 bits per heavy atom. The van der Waals surface area contributed by atoms with Crippen molar-refractivity contribution in [3.8, 4) is 0 Å². The molecule has 1 aliphatic rings. The molecule has 0 N–H and O–H groups in total. The molecule has 2 aromatic rings. The van der Waals surface area contributed by atoms with Gasteiger partial charge in [0.2, 0.25) is 5.91 Å². The molecule has 0 bridgehead atoms. The van der Waals surface area contributed by atoms with Crippen molar-refractivity contribution in [2.45, 2.75) is 13.0 Å². The van der Waals surface area contributed by atoms with Crippen LogP contribution in [0.3, 0.4) is 0 Å². The molecule has 0 radical (unpaired) electrons. The Labute approximate surface area is 133 Å². The molecule has 1 heterocycles. The van der Waals surface area contributed by atoms with E-state index >= 15 is 0 Å². The number of carbonyl (C=O) groups excluding carboxylic acids is 1. The molecule has 2 nitrogen and oxygen atoms in total. The van der Waals surface area contributed by atoms with E-state index in [0.29, 0.717) is 6.54 Å². The van der Waals surface area contributed by atoms with Crippen molar-refractivity contribution in [2.24, 2.45) is 0 Å². The highest BCUT2D eigenvalue weighted by molar-refractivity contribution is 9.10. The maximum atomic E-state index is 12.3. The van der Waals surface area contributed by atoms with Crippen LogP contribution in [0.15, 0.2) is 59.1 Å². The second-order valence-electron chi connectivity index (χ2n) is 5.17. The van der Waals surface area contributed by atoms with Gasteiger partial charge in [0.05, 0.1) is 0 Å². The summed E-state index contributed by atoms with van der Waals surface area (Å²) in [7, 11) is 0. The minimum Gasteiger partial charge on any atom is -0.334 e. The monoisotopic (exact) mass is 341 g/mol. The lowest BCUT2D eigenvalue weighted by Crippen LogP contribution is -2.34. The van der Waals surface area contributed by atoms with Gasteiger partial charge in [-0.1, -0.05) is 52.3 Å². The average molecular weight is 342 g/mol. The first kappa shape index (κ1) is 14.1. The van der Waals surface area contributed by atoms with Gasteiger partial charge in [-0.15, -0.1) is 0 Å². The first-order valence-electron chi connectivity index (χ1n) is 7.02. The summed E-state index contributed by atoms with van der Waals surface area (Å²) in [6.45, 7) is 1.50. The number of hydrogen-bond donors (Lipinski definition) is 0. The van der Waals surface area contributed by atoms with Gasteiger partial charge in [-0.3, -0.25) is 4.79 Å². The lowest BCUT2D eigenvalue weighted by Gasteiger charge is -2.27. The molecule has 0 aliphatic carbocycles. The molecule has 3 rings (SSSR count). The zero-order valence-electron chi connectivity index (χ0n) is 11.6. The number of hydrogen-bond acceptors (Lipinski definition) is 1. The van der Waals surface area contributed by atoms with Gasteiger partial charge >= 0.3 is 0 Å². The first-order chi connectivity index (χ1) is 10.2. The highest BCUT2D eigenvalue weighted by Gasteiger charge is 2.18.